The molecule has 1 unspecified atom stereocenters. The van der Waals surface area contributed by atoms with Crippen molar-refractivity contribution >= 4 is 28.1 Å². The number of benzene rings is 3. The molecule has 3 aromatic carbocycles. The van der Waals surface area contributed by atoms with Gasteiger partial charge in [0.05, 0.1) is 12.5 Å². The van der Waals surface area contributed by atoms with E-state index in [0.717, 1.165) is 48.0 Å². The third-order valence-electron chi connectivity index (χ3n) is 5.46. The summed E-state index contributed by atoms with van der Waals surface area (Å²) in [6.07, 6.45) is 2.93. The second-order valence-corrected chi connectivity index (χ2v) is 7.36. The van der Waals surface area contributed by atoms with Crippen LogP contribution in [-0.2, 0) is 16.0 Å². The van der Waals surface area contributed by atoms with Gasteiger partial charge in [-0.05, 0) is 53.4 Å². The number of fused-ring (bicyclic) bond motifs is 1. The fourth-order valence-corrected chi connectivity index (χ4v) is 3.95. The number of hydrogen-bond donors (Lipinski definition) is 1. The second kappa shape index (κ2) is 8.44. The summed E-state index contributed by atoms with van der Waals surface area (Å²) in [7, 11) is 1.78. The molecule has 0 aliphatic carbocycles. The SMILES string of the molecule is COC1CCCN(c2ccc(NC(=O)Cc3cccc4ccccc34)cc2)C1. The van der Waals surface area contributed by atoms with Crippen LogP contribution in [0, 0.1) is 0 Å². The lowest BCUT2D eigenvalue weighted by Gasteiger charge is -2.33. The number of nitrogens with one attached hydrogen (secondary N) is 1. The normalized spacial score (nSPS) is 16.9. The molecule has 1 atom stereocenters. The van der Waals surface area contributed by atoms with Gasteiger partial charge < -0.3 is 15.0 Å². The molecular weight excluding hydrogens is 348 g/mol. The number of hydrogen-bond acceptors (Lipinski definition) is 3. The molecule has 1 N–H and O–H groups in total. The highest BCUT2D eigenvalue weighted by Gasteiger charge is 2.19. The molecule has 4 heteroatoms. The van der Waals surface area contributed by atoms with Crippen molar-refractivity contribution in [2.24, 2.45) is 0 Å². The summed E-state index contributed by atoms with van der Waals surface area (Å²) in [6.45, 7) is 1.97. The molecular formula is C24H26N2O2. The Morgan fingerprint density at radius 3 is 2.68 bits per heavy atom. The van der Waals surface area contributed by atoms with Crippen LogP contribution in [0.3, 0.4) is 0 Å². The molecule has 1 heterocycles. The van der Waals surface area contributed by atoms with Gasteiger partial charge in [-0.3, -0.25) is 4.79 Å². The van der Waals surface area contributed by atoms with Crippen molar-refractivity contribution in [3.8, 4) is 0 Å². The van der Waals surface area contributed by atoms with Crippen LogP contribution in [0.2, 0.25) is 0 Å². The van der Waals surface area contributed by atoms with E-state index < -0.39 is 0 Å². The Labute approximate surface area is 166 Å². The van der Waals surface area contributed by atoms with Gasteiger partial charge >= 0.3 is 0 Å². The van der Waals surface area contributed by atoms with Gasteiger partial charge in [-0.15, -0.1) is 0 Å². The number of anilines is 2. The van der Waals surface area contributed by atoms with Crippen molar-refractivity contribution in [2.45, 2.75) is 25.4 Å². The summed E-state index contributed by atoms with van der Waals surface area (Å²) in [5.74, 6) is 0.00141. The molecule has 1 aliphatic rings. The van der Waals surface area contributed by atoms with Gasteiger partial charge in [-0.1, -0.05) is 42.5 Å². The van der Waals surface area contributed by atoms with Crippen LogP contribution in [0.25, 0.3) is 10.8 Å². The van der Waals surface area contributed by atoms with E-state index in [1.165, 1.54) is 5.69 Å². The molecule has 4 nitrogen and oxygen atoms in total. The second-order valence-electron chi connectivity index (χ2n) is 7.36. The third kappa shape index (κ3) is 4.18. The van der Waals surface area contributed by atoms with Crippen LogP contribution in [0.1, 0.15) is 18.4 Å². The monoisotopic (exact) mass is 374 g/mol. The molecule has 28 heavy (non-hydrogen) atoms. The number of methoxy groups -OCH3 is 1. The lowest BCUT2D eigenvalue weighted by atomic mass is 10.0. The fourth-order valence-electron chi connectivity index (χ4n) is 3.95. The number of nitrogens with zero attached hydrogens (tertiary/aromatic N) is 1. The predicted octanol–water partition coefficient (Wildman–Crippen LogP) is 4.64. The van der Waals surface area contributed by atoms with Crippen LogP contribution < -0.4 is 10.2 Å². The Balaban J connectivity index is 1.41. The van der Waals surface area contributed by atoms with Crippen molar-refractivity contribution in [1.29, 1.82) is 0 Å². The highest BCUT2D eigenvalue weighted by atomic mass is 16.5. The quantitative estimate of drug-likeness (QED) is 0.708. The zero-order chi connectivity index (χ0) is 19.3. The summed E-state index contributed by atoms with van der Waals surface area (Å²) < 4.78 is 5.51. The Kier molecular flexibility index (Phi) is 5.58. The molecule has 0 saturated carbocycles. The predicted molar refractivity (Wildman–Crippen MR) is 115 cm³/mol. The van der Waals surface area contributed by atoms with Gasteiger partial charge in [0.15, 0.2) is 0 Å². The van der Waals surface area contributed by atoms with Crippen LogP contribution in [0.4, 0.5) is 11.4 Å². The Morgan fingerprint density at radius 1 is 1.07 bits per heavy atom. The van der Waals surface area contributed by atoms with Crippen molar-refractivity contribution in [1.82, 2.24) is 0 Å². The minimum Gasteiger partial charge on any atom is -0.380 e. The zero-order valence-electron chi connectivity index (χ0n) is 16.2. The van der Waals surface area contributed by atoms with Gasteiger partial charge in [-0.2, -0.15) is 0 Å². The van der Waals surface area contributed by atoms with Crippen molar-refractivity contribution in [3.63, 3.8) is 0 Å². The molecule has 0 spiro atoms. The van der Waals surface area contributed by atoms with Gasteiger partial charge in [0, 0.05) is 31.6 Å². The van der Waals surface area contributed by atoms with E-state index in [0.29, 0.717) is 12.5 Å². The molecule has 1 saturated heterocycles. The first-order valence-electron chi connectivity index (χ1n) is 9.87. The molecule has 1 fully saturated rings. The minimum absolute atomic E-state index is 0.00141. The summed E-state index contributed by atoms with van der Waals surface area (Å²) >= 11 is 0. The minimum atomic E-state index is 0.00141. The maximum Gasteiger partial charge on any atom is 0.228 e. The van der Waals surface area contributed by atoms with E-state index in [1.807, 2.05) is 36.4 Å². The number of amides is 1. The molecule has 0 bridgehead atoms. The van der Waals surface area contributed by atoms with Crippen LogP contribution in [0.5, 0.6) is 0 Å². The van der Waals surface area contributed by atoms with Gasteiger partial charge in [0.25, 0.3) is 0 Å². The Morgan fingerprint density at radius 2 is 1.86 bits per heavy atom. The standard InChI is InChI=1S/C24H26N2O2/c1-28-22-9-5-15-26(17-22)21-13-11-20(12-14-21)25-24(27)16-19-8-4-7-18-6-2-3-10-23(18)19/h2-4,6-8,10-14,22H,5,9,15-17H2,1H3,(H,25,27). The first kappa shape index (κ1) is 18.5. The maximum atomic E-state index is 12.6. The smallest absolute Gasteiger partial charge is 0.228 e. The number of carbonyl (C=O) groups is 1. The first-order valence-corrected chi connectivity index (χ1v) is 9.87. The highest BCUT2D eigenvalue weighted by molar-refractivity contribution is 5.96. The van der Waals surface area contributed by atoms with Gasteiger partial charge in [0.1, 0.15) is 0 Å². The number of rotatable bonds is 5. The maximum absolute atomic E-state index is 12.6. The molecule has 144 valence electrons. The fraction of sp³-hybridized carbons (Fsp3) is 0.292. The van der Waals surface area contributed by atoms with Crippen LogP contribution in [-0.4, -0.2) is 32.2 Å². The summed E-state index contributed by atoms with van der Waals surface area (Å²) in [5.41, 5.74) is 3.05. The van der Waals surface area contributed by atoms with Crippen LogP contribution >= 0.6 is 0 Å². The van der Waals surface area contributed by atoms with E-state index in [9.17, 15) is 4.79 Å². The number of ether oxygens (including phenoxy) is 1. The van der Waals surface area contributed by atoms with Gasteiger partial charge in [-0.25, -0.2) is 0 Å². The van der Waals surface area contributed by atoms with Crippen molar-refractivity contribution < 1.29 is 9.53 Å². The van der Waals surface area contributed by atoms with Gasteiger partial charge in [0.2, 0.25) is 5.91 Å². The van der Waals surface area contributed by atoms with Crippen molar-refractivity contribution in [2.75, 3.05) is 30.4 Å². The van der Waals surface area contributed by atoms with E-state index in [2.05, 4.69) is 40.5 Å². The molecule has 1 amide bonds. The van der Waals surface area contributed by atoms with E-state index >= 15 is 0 Å². The number of carbonyl (C=O) groups excluding carboxylic acids is 1. The van der Waals surface area contributed by atoms with Crippen molar-refractivity contribution in [3.05, 3.63) is 72.3 Å². The van der Waals surface area contributed by atoms with E-state index in [1.54, 1.807) is 7.11 Å². The molecule has 3 aromatic rings. The summed E-state index contributed by atoms with van der Waals surface area (Å²) in [5, 5.41) is 5.32. The zero-order valence-corrected chi connectivity index (χ0v) is 16.2. The Bertz CT molecular complexity index is 947. The lowest BCUT2D eigenvalue weighted by molar-refractivity contribution is -0.115. The lowest BCUT2D eigenvalue weighted by Crippen LogP contribution is -2.39. The summed E-state index contributed by atoms with van der Waals surface area (Å²) in [4.78, 5) is 14.9. The number of piperidine rings is 1. The van der Waals surface area contributed by atoms with E-state index in [-0.39, 0.29) is 5.91 Å². The summed E-state index contributed by atoms with van der Waals surface area (Å²) in [6, 6.07) is 22.4. The molecule has 4 rings (SSSR count). The molecule has 0 radical (unpaired) electrons. The first-order chi connectivity index (χ1) is 13.7. The van der Waals surface area contributed by atoms with Crippen LogP contribution in [0.15, 0.2) is 66.7 Å². The topological polar surface area (TPSA) is 41.6 Å². The Hall–Kier alpha value is -2.85. The molecule has 0 aromatic heterocycles. The van der Waals surface area contributed by atoms with E-state index in [4.69, 9.17) is 4.74 Å². The molecule has 1 aliphatic heterocycles. The average Bonchev–Trinajstić information content (AvgIpc) is 2.74. The highest BCUT2D eigenvalue weighted by Crippen LogP contribution is 2.23. The third-order valence-corrected chi connectivity index (χ3v) is 5.46. The average molecular weight is 374 g/mol. The largest absolute Gasteiger partial charge is 0.380 e.